The number of rotatable bonds is 8. The van der Waals surface area contributed by atoms with Crippen molar-refractivity contribution in [2.75, 3.05) is 13.2 Å². The molecule has 1 rings (SSSR count). The van der Waals surface area contributed by atoms with Gasteiger partial charge in [-0.25, -0.2) is 4.79 Å². The molecule has 1 aromatic rings. The molecular weight excluding hydrogens is 272 g/mol. The number of carboxylic acids is 1. The minimum atomic E-state index is -0.988. The number of benzene rings is 1. The third kappa shape index (κ3) is 6.27. The van der Waals surface area contributed by atoms with Crippen LogP contribution in [0.15, 0.2) is 24.3 Å². The van der Waals surface area contributed by atoms with Gasteiger partial charge in [0, 0.05) is 12.6 Å². The first kappa shape index (κ1) is 17.0. The second kappa shape index (κ2) is 8.26. The van der Waals surface area contributed by atoms with Gasteiger partial charge in [0.1, 0.15) is 12.4 Å². The lowest BCUT2D eigenvalue weighted by molar-refractivity contribution is -0.123. The SMILES string of the molecule is CC(C)NC(=O)C(C)NCCOc1cccc(C(=O)O)c1. The summed E-state index contributed by atoms with van der Waals surface area (Å²) in [5.74, 6) is -0.550. The molecule has 0 fully saturated rings. The Morgan fingerprint density at radius 3 is 2.62 bits per heavy atom. The predicted molar refractivity (Wildman–Crippen MR) is 79.6 cm³/mol. The quantitative estimate of drug-likeness (QED) is 0.628. The molecule has 0 spiro atoms. The van der Waals surface area contributed by atoms with Crippen LogP contribution < -0.4 is 15.4 Å². The van der Waals surface area contributed by atoms with Gasteiger partial charge in [0.25, 0.3) is 0 Å². The molecule has 1 unspecified atom stereocenters. The molecule has 1 aromatic carbocycles. The molecule has 0 aliphatic heterocycles. The number of amides is 1. The minimum absolute atomic E-state index is 0.0575. The first-order chi connectivity index (χ1) is 9.90. The van der Waals surface area contributed by atoms with Crippen molar-refractivity contribution in [3.8, 4) is 5.75 Å². The molecule has 116 valence electrons. The van der Waals surface area contributed by atoms with Crippen molar-refractivity contribution in [3.05, 3.63) is 29.8 Å². The van der Waals surface area contributed by atoms with E-state index in [1.54, 1.807) is 19.1 Å². The maximum absolute atomic E-state index is 11.7. The highest BCUT2D eigenvalue weighted by atomic mass is 16.5. The molecule has 0 aliphatic rings. The van der Waals surface area contributed by atoms with Gasteiger partial charge in [-0.15, -0.1) is 0 Å². The van der Waals surface area contributed by atoms with Gasteiger partial charge in [-0.3, -0.25) is 4.79 Å². The Morgan fingerprint density at radius 1 is 1.29 bits per heavy atom. The zero-order valence-corrected chi connectivity index (χ0v) is 12.6. The molecule has 0 heterocycles. The third-order valence-corrected chi connectivity index (χ3v) is 2.73. The van der Waals surface area contributed by atoms with Crippen LogP contribution in [0.5, 0.6) is 5.75 Å². The normalized spacial score (nSPS) is 12.0. The summed E-state index contributed by atoms with van der Waals surface area (Å²) in [6.07, 6.45) is 0. The maximum atomic E-state index is 11.7. The van der Waals surface area contributed by atoms with Crippen LogP contribution in [0.2, 0.25) is 0 Å². The highest BCUT2D eigenvalue weighted by Gasteiger charge is 2.12. The number of carbonyl (C=O) groups excluding carboxylic acids is 1. The molecule has 0 saturated carbocycles. The molecule has 0 bridgehead atoms. The Bertz CT molecular complexity index is 488. The summed E-state index contributed by atoms with van der Waals surface area (Å²) in [4.78, 5) is 22.5. The van der Waals surface area contributed by atoms with Gasteiger partial charge >= 0.3 is 5.97 Å². The van der Waals surface area contributed by atoms with Crippen LogP contribution in [0.25, 0.3) is 0 Å². The number of hydrogen-bond donors (Lipinski definition) is 3. The summed E-state index contributed by atoms with van der Waals surface area (Å²) in [6.45, 7) is 6.43. The van der Waals surface area contributed by atoms with E-state index in [-0.39, 0.29) is 23.6 Å². The second-order valence-electron chi connectivity index (χ2n) is 5.02. The van der Waals surface area contributed by atoms with Crippen LogP contribution in [0.1, 0.15) is 31.1 Å². The average Bonchev–Trinajstić information content (AvgIpc) is 2.42. The lowest BCUT2D eigenvalue weighted by atomic mass is 10.2. The molecular formula is C15H22N2O4. The van der Waals surface area contributed by atoms with Crippen molar-refractivity contribution in [1.82, 2.24) is 10.6 Å². The van der Waals surface area contributed by atoms with Gasteiger partial charge in [0.15, 0.2) is 0 Å². The maximum Gasteiger partial charge on any atom is 0.335 e. The topological polar surface area (TPSA) is 87.7 Å². The van der Waals surface area contributed by atoms with Crippen molar-refractivity contribution in [1.29, 1.82) is 0 Å². The minimum Gasteiger partial charge on any atom is -0.492 e. The number of hydrogen-bond acceptors (Lipinski definition) is 4. The van der Waals surface area contributed by atoms with E-state index < -0.39 is 5.97 Å². The molecule has 21 heavy (non-hydrogen) atoms. The molecule has 6 nitrogen and oxygen atoms in total. The van der Waals surface area contributed by atoms with Gasteiger partial charge in [0.2, 0.25) is 5.91 Å². The Kier molecular flexibility index (Phi) is 6.68. The van der Waals surface area contributed by atoms with Gasteiger partial charge in [-0.2, -0.15) is 0 Å². The number of aromatic carboxylic acids is 1. The van der Waals surface area contributed by atoms with E-state index in [0.717, 1.165) is 0 Å². The summed E-state index contributed by atoms with van der Waals surface area (Å²) in [7, 11) is 0. The van der Waals surface area contributed by atoms with Gasteiger partial charge in [-0.1, -0.05) is 6.07 Å². The number of nitrogens with one attached hydrogen (secondary N) is 2. The van der Waals surface area contributed by atoms with Crippen LogP contribution in [0.3, 0.4) is 0 Å². The van der Waals surface area contributed by atoms with E-state index in [9.17, 15) is 9.59 Å². The summed E-state index contributed by atoms with van der Waals surface area (Å²) >= 11 is 0. The highest BCUT2D eigenvalue weighted by molar-refractivity contribution is 5.88. The van der Waals surface area contributed by atoms with Crippen molar-refractivity contribution in [3.63, 3.8) is 0 Å². The Hall–Kier alpha value is -2.08. The summed E-state index contributed by atoms with van der Waals surface area (Å²) in [5, 5.41) is 14.7. The smallest absolute Gasteiger partial charge is 0.335 e. The summed E-state index contributed by atoms with van der Waals surface area (Å²) in [5.41, 5.74) is 0.185. The zero-order chi connectivity index (χ0) is 15.8. The largest absolute Gasteiger partial charge is 0.492 e. The van der Waals surface area contributed by atoms with E-state index in [0.29, 0.717) is 18.9 Å². The Labute approximate surface area is 124 Å². The molecule has 3 N–H and O–H groups in total. The Balaban J connectivity index is 2.32. The van der Waals surface area contributed by atoms with Crippen molar-refractivity contribution in [2.45, 2.75) is 32.9 Å². The zero-order valence-electron chi connectivity index (χ0n) is 12.6. The molecule has 0 radical (unpaired) electrons. The van der Waals surface area contributed by atoms with E-state index in [4.69, 9.17) is 9.84 Å². The molecule has 0 saturated heterocycles. The molecule has 0 aromatic heterocycles. The molecule has 1 atom stereocenters. The van der Waals surface area contributed by atoms with Gasteiger partial charge in [0.05, 0.1) is 11.6 Å². The van der Waals surface area contributed by atoms with Crippen LogP contribution in [-0.4, -0.2) is 42.2 Å². The van der Waals surface area contributed by atoms with Crippen molar-refractivity contribution >= 4 is 11.9 Å². The molecule has 0 aliphatic carbocycles. The van der Waals surface area contributed by atoms with E-state index in [1.807, 2.05) is 13.8 Å². The van der Waals surface area contributed by atoms with Gasteiger partial charge in [-0.05, 0) is 39.0 Å². The number of ether oxygens (including phenoxy) is 1. The van der Waals surface area contributed by atoms with Crippen LogP contribution in [0.4, 0.5) is 0 Å². The first-order valence-corrected chi connectivity index (χ1v) is 6.90. The average molecular weight is 294 g/mol. The lowest BCUT2D eigenvalue weighted by Gasteiger charge is -2.16. The van der Waals surface area contributed by atoms with Crippen molar-refractivity contribution in [2.24, 2.45) is 0 Å². The Morgan fingerprint density at radius 2 is 2.00 bits per heavy atom. The van der Waals surface area contributed by atoms with E-state index in [2.05, 4.69) is 10.6 Å². The predicted octanol–water partition coefficient (Wildman–Crippen LogP) is 1.27. The molecule has 6 heteroatoms. The standard InChI is InChI=1S/C15H22N2O4/c1-10(2)17-14(18)11(3)16-7-8-21-13-6-4-5-12(9-13)15(19)20/h4-6,9-11,16H,7-8H2,1-3H3,(H,17,18)(H,19,20). The monoisotopic (exact) mass is 294 g/mol. The van der Waals surface area contributed by atoms with E-state index in [1.165, 1.54) is 12.1 Å². The number of carboxylic acid groups (broad SMARTS) is 1. The van der Waals surface area contributed by atoms with Crippen molar-refractivity contribution < 1.29 is 19.4 Å². The second-order valence-corrected chi connectivity index (χ2v) is 5.02. The fraction of sp³-hybridized carbons (Fsp3) is 0.467. The lowest BCUT2D eigenvalue weighted by Crippen LogP contribution is -2.45. The molecule has 1 amide bonds. The van der Waals surface area contributed by atoms with Crippen LogP contribution in [-0.2, 0) is 4.79 Å². The first-order valence-electron chi connectivity index (χ1n) is 6.90. The highest BCUT2D eigenvalue weighted by Crippen LogP contribution is 2.12. The van der Waals surface area contributed by atoms with Gasteiger partial charge < -0.3 is 20.5 Å². The third-order valence-electron chi connectivity index (χ3n) is 2.73. The van der Waals surface area contributed by atoms with E-state index >= 15 is 0 Å². The number of carbonyl (C=O) groups is 2. The van der Waals surface area contributed by atoms with Crippen LogP contribution in [0, 0.1) is 0 Å². The summed E-state index contributed by atoms with van der Waals surface area (Å²) in [6, 6.07) is 6.10. The summed E-state index contributed by atoms with van der Waals surface area (Å²) < 4.78 is 5.45. The van der Waals surface area contributed by atoms with Crippen LogP contribution >= 0.6 is 0 Å². The fourth-order valence-electron chi connectivity index (χ4n) is 1.67. The fourth-order valence-corrected chi connectivity index (χ4v) is 1.67.